The van der Waals surface area contributed by atoms with Gasteiger partial charge in [-0.3, -0.25) is 9.69 Å². The molecule has 6 heteroatoms. The minimum absolute atomic E-state index is 0.0158. The second kappa shape index (κ2) is 8.71. The van der Waals surface area contributed by atoms with E-state index in [1.54, 1.807) is 41.1 Å². The Morgan fingerprint density at radius 3 is 2.67 bits per heavy atom. The molecule has 164 valence electrons. The Labute approximate surface area is 200 Å². The van der Waals surface area contributed by atoms with Gasteiger partial charge in [0.25, 0.3) is 0 Å². The second-order valence-electron chi connectivity index (χ2n) is 8.31. The van der Waals surface area contributed by atoms with Gasteiger partial charge in [-0.25, -0.2) is 4.98 Å². The van der Waals surface area contributed by atoms with Crippen molar-refractivity contribution >= 4 is 38.7 Å². The summed E-state index contributed by atoms with van der Waals surface area (Å²) in [6.07, 6.45) is 2.87. The molecule has 0 atom stereocenters. The molecule has 33 heavy (non-hydrogen) atoms. The summed E-state index contributed by atoms with van der Waals surface area (Å²) in [5.41, 5.74) is 4.89. The van der Waals surface area contributed by atoms with Crippen LogP contribution in [0, 0.1) is 0 Å². The topological polar surface area (TPSA) is 46.3 Å². The number of rotatable bonds is 6. The highest BCUT2D eigenvalue weighted by atomic mass is 32.1. The Morgan fingerprint density at radius 2 is 1.85 bits per heavy atom. The number of aromatic nitrogens is 1. The molecule has 0 saturated heterocycles. The lowest BCUT2D eigenvalue weighted by atomic mass is 9.99. The number of nitrogens with zero attached hydrogens (tertiary/aromatic N) is 2. The van der Waals surface area contributed by atoms with E-state index in [9.17, 15) is 4.79 Å². The summed E-state index contributed by atoms with van der Waals surface area (Å²) in [5, 5.41) is 1.02. The maximum Gasteiger partial charge on any atom is 0.203 e. The number of thiazole rings is 1. The number of Topliss-reactive ketones (excluding diaryl/α,β-unsaturated/α-hetero) is 1. The predicted molar refractivity (Wildman–Crippen MR) is 134 cm³/mol. The van der Waals surface area contributed by atoms with Crippen LogP contribution in [-0.4, -0.2) is 22.2 Å². The molecule has 0 aliphatic carbocycles. The molecule has 0 saturated carbocycles. The minimum Gasteiger partial charge on any atom is -0.461 e. The van der Waals surface area contributed by atoms with Crippen molar-refractivity contribution in [1.29, 1.82) is 0 Å². The fraction of sp³-hybridized carbons (Fsp3) is 0.185. The summed E-state index contributed by atoms with van der Waals surface area (Å²) in [6, 6.07) is 22.4. The molecule has 1 aliphatic rings. The van der Waals surface area contributed by atoms with Crippen molar-refractivity contribution in [2.24, 2.45) is 0 Å². The van der Waals surface area contributed by atoms with E-state index in [4.69, 9.17) is 9.40 Å². The van der Waals surface area contributed by atoms with Gasteiger partial charge in [0.15, 0.2) is 5.76 Å². The lowest BCUT2D eigenvalue weighted by molar-refractivity contribution is 0.0967. The highest BCUT2D eigenvalue weighted by Crippen LogP contribution is 2.43. The SMILES string of the molecule is O=C(Cc1sc2c(c1-c1nc3ccccc3s1)CCN(Cc1ccccc1)C2)c1ccco1. The van der Waals surface area contributed by atoms with Crippen molar-refractivity contribution in [3.05, 3.63) is 99.6 Å². The van der Waals surface area contributed by atoms with E-state index in [0.29, 0.717) is 12.2 Å². The standard InChI is InChI=1S/C27H22N2O2S2/c30-21(22-10-6-14-31-22)15-24-26(27-28-20-9-4-5-11-23(20)33-27)19-12-13-29(17-25(19)32-24)16-18-7-2-1-3-8-18/h1-11,14H,12-13,15-17H2. The van der Waals surface area contributed by atoms with Gasteiger partial charge in [-0.05, 0) is 41.8 Å². The molecule has 0 fully saturated rings. The molecule has 6 rings (SSSR count). The Hall–Kier alpha value is -3.06. The molecule has 1 aliphatic heterocycles. The number of thiophene rings is 1. The van der Waals surface area contributed by atoms with Gasteiger partial charge in [-0.2, -0.15) is 0 Å². The molecule has 0 bridgehead atoms. The third-order valence-electron chi connectivity index (χ3n) is 6.08. The van der Waals surface area contributed by atoms with Crippen LogP contribution >= 0.6 is 22.7 Å². The van der Waals surface area contributed by atoms with Crippen molar-refractivity contribution in [1.82, 2.24) is 9.88 Å². The Morgan fingerprint density at radius 1 is 1.00 bits per heavy atom. The lowest BCUT2D eigenvalue weighted by Crippen LogP contribution is -2.29. The molecular formula is C27H22N2O2S2. The van der Waals surface area contributed by atoms with Gasteiger partial charge in [-0.1, -0.05) is 42.5 Å². The van der Waals surface area contributed by atoms with Crippen LogP contribution in [0.4, 0.5) is 0 Å². The fourth-order valence-electron chi connectivity index (χ4n) is 4.51. The zero-order valence-corrected chi connectivity index (χ0v) is 19.6. The normalized spacial score (nSPS) is 13.9. The van der Waals surface area contributed by atoms with Gasteiger partial charge in [-0.15, -0.1) is 22.7 Å². The van der Waals surface area contributed by atoms with Crippen molar-refractivity contribution in [3.8, 4) is 10.6 Å². The van der Waals surface area contributed by atoms with Crippen LogP contribution in [0.2, 0.25) is 0 Å². The maximum absolute atomic E-state index is 12.9. The molecular weight excluding hydrogens is 448 g/mol. The molecule has 4 heterocycles. The number of fused-ring (bicyclic) bond motifs is 2. The monoisotopic (exact) mass is 470 g/mol. The van der Waals surface area contributed by atoms with Crippen LogP contribution in [0.1, 0.15) is 31.4 Å². The van der Waals surface area contributed by atoms with Crippen LogP contribution in [0.5, 0.6) is 0 Å². The summed E-state index contributed by atoms with van der Waals surface area (Å²) in [6.45, 7) is 2.85. The second-order valence-corrected chi connectivity index (χ2v) is 10.5. The van der Waals surface area contributed by atoms with E-state index in [-0.39, 0.29) is 5.78 Å². The van der Waals surface area contributed by atoms with Crippen LogP contribution in [0.3, 0.4) is 0 Å². The predicted octanol–water partition coefficient (Wildman–Crippen LogP) is 6.60. The first-order valence-electron chi connectivity index (χ1n) is 11.1. The van der Waals surface area contributed by atoms with Gasteiger partial charge < -0.3 is 4.42 Å². The Kier molecular flexibility index (Phi) is 5.42. The van der Waals surface area contributed by atoms with Crippen molar-refractivity contribution in [2.45, 2.75) is 25.9 Å². The summed E-state index contributed by atoms with van der Waals surface area (Å²) in [5.74, 6) is 0.435. The fourth-order valence-corrected chi connectivity index (χ4v) is 7.04. The molecule has 0 N–H and O–H groups in total. The number of carbonyl (C=O) groups is 1. The summed E-state index contributed by atoms with van der Waals surface area (Å²) in [4.78, 5) is 22.8. The van der Waals surface area contributed by atoms with E-state index < -0.39 is 0 Å². The van der Waals surface area contributed by atoms with E-state index in [0.717, 1.165) is 41.5 Å². The first kappa shape index (κ1) is 20.5. The number of benzene rings is 2. The average molecular weight is 471 g/mol. The van der Waals surface area contributed by atoms with E-state index in [1.165, 1.54) is 26.3 Å². The lowest BCUT2D eigenvalue weighted by Gasteiger charge is -2.27. The molecule has 2 aromatic carbocycles. The number of furan rings is 1. The van der Waals surface area contributed by atoms with Crippen LogP contribution in [-0.2, 0) is 25.9 Å². The van der Waals surface area contributed by atoms with E-state index in [2.05, 4.69) is 53.4 Å². The quantitative estimate of drug-likeness (QED) is 0.262. The van der Waals surface area contributed by atoms with Gasteiger partial charge in [0.05, 0.1) is 16.5 Å². The number of carbonyl (C=O) groups excluding carboxylic acids is 1. The van der Waals surface area contributed by atoms with Crippen LogP contribution in [0.15, 0.2) is 77.4 Å². The zero-order valence-electron chi connectivity index (χ0n) is 18.0. The minimum atomic E-state index is 0.0158. The highest BCUT2D eigenvalue weighted by Gasteiger charge is 2.28. The Bertz CT molecular complexity index is 1380. The van der Waals surface area contributed by atoms with Gasteiger partial charge in [0.2, 0.25) is 5.78 Å². The molecule has 0 radical (unpaired) electrons. The third kappa shape index (κ3) is 4.06. The van der Waals surface area contributed by atoms with Crippen molar-refractivity contribution in [3.63, 3.8) is 0 Å². The van der Waals surface area contributed by atoms with Gasteiger partial charge >= 0.3 is 0 Å². The number of hydrogen-bond donors (Lipinski definition) is 0. The summed E-state index contributed by atoms with van der Waals surface area (Å²) in [7, 11) is 0. The maximum atomic E-state index is 12.9. The van der Waals surface area contributed by atoms with Gasteiger partial charge in [0, 0.05) is 41.4 Å². The zero-order chi connectivity index (χ0) is 22.2. The first-order valence-corrected chi connectivity index (χ1v) is 12.7. The Balaban J connectivity index is 1.37. The van der Waals surface area contributed by atoms with Gasteiger partial charge in [0.1, 0.15) is 5.01 Å². The van der Waals surface area contributed by atoms with Crippen molar-refractivity contribution < 1.29 is 9.21 Å². The molecule has 5 aromatic rings. The molecule has 0 amide bonds. The summed E-state index contributed by atoms with van der Waals surface area (Å²) < 4.78 is 6.56. The largest absolute Gasteiger partial charge is 0.461 e. The number of hydrogen-bond acceptors (Lipinski definition) is 6. The number of ketones is 1. The highest BCUT2D eigenvalue weighted by molar-refractivity contribution is 7.22. The molecule has 4 nitrogen and oxygen atoms in total. The van der Waals surface area contributed by atoms with E-state index in [1.807, 2.05) is 6.07 Å². The van der Waals surface area contributed by atoms with Crippen LogP contribution < -0.4 is 0 Å². The third-order valence-corrected chi connectivity index (χ3v) is 8.35. The number of para-hydroxylation sites is 1. The smallest absolute Gasteiger partial charge is 0.203 e. The average Bonchev–Trinajstić information content (AvgIpc) is 3.57. The first-order chi connectivity index (χ1) is 16.2. The van der Waals surface area contributed by atoms with E-state index >= 15 is 0 Å². The molecule has 0 unspecified atom stereocenters. The molecule has 3 aromatic heterocycles. The molecule has 0 spiro atoms. The van der Waals surface area contributed by atoms with Crippen LogP contribution in [0.25, 0.3) is 20.8 Å². The van der Waals surface area contributed by atoms with Crippen molar-refractivity contribution in [2.75, 3.05) is 6.54 Å². The summed E-state index contributed by atoms with van der Waals surface area (Å²) >= 11 is 3.49.